The van der Waals surface area contributed by atoms with Gasteiger partial charge < -0.3 is 14.8 Å². The number of ether oxygens (including phenoxy) is 2. The summed E-state index contributed by atoms with van der Waals surface area (Å²) in [5.74, 6) is 0.276. The summed E-state index contributed by atoms with van der Waals surface area (Å²) in [4.78, 5) is 22.5. The highest BCUT2D eigenvalue weighted by atomic mass is 16.6. The Kier molecular flexibility index (Phi) is 4.57. The van der Waals surface area contributed by atoms with Crippen molar-refractivity contribution in [2.24, 2.45) is 0 Å². The fraction of sp³-hybridized carbons (Fsp3) is 0.133. The van der Waals surface area contributed by atoms with E-state index < -0.39 is 10.8 Å². The molecule has 2 rings (SSSR count). The van der Waals surface area contributed by atoms with Crippen LogP contribution in [0.4, 0.5) is 11.4 Å². The highest BCUT2D eigenvalue weighted by molar-refractivity contribution is 6.06. The number of nitrogens with zero attached hydrogens (tertiary/aromatic N) is 1. The Morgan fingerprint density at radius 3 is 2.50 bits per heavy atom. The number of carbonyl (C=O) groups is 1. The number of hydrogen-bond donors (Lipinski definition) is 1. The molecule has 1 amide bonds. The van der Waals surface area contributed by atoms with Crippen molar-refractivity contribution in [3.63, 3.8) is 0 Å². The standard InChI is InChI=1S/C15H14N2O5/c1-21-13-8-4-7-12(14(13)22-2)15(18)16-10-5-3-6-11(9-10)17(19)20/h3-9H,1-2H3,(H,16,18). The number of nitro benzene ring substituents is 1. The SMILES string of the molecule is COc1cccc(C(=O)Nc2cccc([N+](=O)[O-])c2)c1OC. The maximum absolute atomic E-state index is 12.3. The Bertz CT molecular complexity index is 715. The summed E-state index contributed by atoms with van der Waals surface area (Å²) in [5.41, 5.74) is 0.493. The first-order valence-electron chi connectivity index (χ1n) is 6.33. The smallest absolute Gasteiger partial charge is 0.271 e. The minimum absolute atomic E-state index is 0.101. The van der Waals surface area contributed by atoms with Gasteiger partial charge in [-0.2, -0.15) is 0 Å². The number of benzene rings is 2. The molecule has 0 fully saturated rings. The summed E-state index contributed by atoms with van der Waals surface area (Å²) >= 11 is 0. The molecule has 0 aliphatic carbocycles. The van der Waals surface area contributed by atoms with E-state index in [9.17, 15) is 14.9 Å². The fourth-order valence-electron chi connectivity index (χ4n) is 1.96. The van der Waals surface area contributed by atoms with Crippen LogP contribution in [0.5, 0.6) is 11.5 Å². The van der Waals surface area contributed by atoms with E-state index in [4.69, 9.17) is 9.47 Å². The molecule has 0 bridgehead atoms. The third-order valence-corrected chi connectivity index (χ3v) is 2.96. The Balaban J connectivity index is 2.30. The van der Waals surface area contributed by atoms with E-state index in [-0.39, 0.29) is 11.3 Å². The average molecular weight is 302 g/mol. The fourth-order valence-corrected chi connectivity index (χ4v) is 1.96. The minimum atomic E-state index is -0.526. The highest BCUT2D eigenvalue weighted by Gasteiger charge is 2.17. The number of amides is 1. The number of carbonyl (C=O) groups excluding carboxylic acids is 1. The normalized spacial score (nSPS) is 9.91. The largest absolute Gasteiger partial charge is 0.493 e. The van der Waals surface area contributed by atoms with Gasteiger partial charge in [-0.1, -0.05) is 12.1 Å². The van der Waals surface area contributed by atoms with Gasteiger partial charge in [0, 0.05) is 17.8 Å². The van der Waals surface area contributed by atoms with E-state index in [1.165, 1.54) is 32.4 Å². The van der Waals surface area contributed by atoms with Gasteiger partial charge in [0.05, 0.1) is 24.7 Å². The second kappa shape index (κ2) is 6.57. The number of hydrogen-bond acceptors (Lipinski definition) is 5. The van der Waals surface area contributed by atoms with E-state index >= 15 is 0 Å². The Hall–Kier alpha value is -3.09. The van der Waals surface area contributed by atoms with Crippen LogP contribution in [0.2, 0.25) is 0 Å². The Morgan fingerprint density at radius 2 is 1.86 bits per heavy atom. The molecule has 0 aliphatic rings. The summed E-state index contributed by atoms with van der Waals surface area (Å²) in [6.45, 7) is 0. The number of para-hydroxylation sites is 1. The first-order chi connectivity index (χ1) is 10.6. The summed E-state index contributed by atoms with van der Waals surface area (Å²) in [5, 5.41) is 13.3. The molecule has 0 atom stereocenters. The van der Waals surface area contributed by atoms with Crippen molar-refractivity contribution in [2.45, 2.75) is 0 Å². The molecular formula is C15H14N2O5. The Labute approximate surface area is 126 Å². The molecule has 0 unspecified atom stereocenters. The van der Waals surface area contributed by atoms with E-state index in [1.807, 2.05) is 0 Å². The van der Waals surface area contributed by atoms with Crippen LogP contribution in [0.1, 0.15) is 10.4 Å². The summed E-state index contributed by atoms with van der Waals surface area (Å²) in [6, 6.07) is 10.6. The van der Waals surface area contributed by atoms with Gasteiger partial charge in [-0.05, 0) is 18.2 Å². The number of nitrogens with one attached hydrogen (secondary N) is 1. The molecule has 0 heterocycles. The number of anilines is 1. The monoisotopic (exact) mass is 302 g/mol. The maximum Gasteiger partial charge on any atom is 0.271 e. The van der Waals surface area contributed by atoms with Crippen molar-refractivity contribution in [3.05, 3.63) is 58.1 Å². The van der Waals surface area contributed by atoms with E-state index in [1.54, 1.807) is 24.3 Å². The Morgan fingerprint density at radius 1 is 1.14 bits per heavy atom. The van der Waals surface area contributed by atoms with Crippen molar-refractivity contribution in [1.82, 2.24) is 0 Å². The molecule has 0 saturated carbocycles. The van der Waals surface area contributed by atoms with Crippen LogP contribution in [0.3, 0.4) is 0 Å². The molecule has 2 aromatic rings. The minimum Gasteiger partial charge on any atom is -0.493 e. The zero-order chi connectivity index (χ0) is 16.1. The first kappa shape index (κ1) is 15.3. The molecule has 2 aromatic carbocycles. The lowest BCUT2D eigenvalue weighted by Gasteiger charge is -2.12. The number of non-ortho nitro benzene ring substituents is 1. The number of nitro groups is 1. The average Bonchev–Trinajstić information content (AvgIpc) is 2.54. The van der Waals surface area contributed by atoms with Gasteiger partial charge in [-0.25, -0.2) is 0 Å². The zero-order valence-corrected chi connectivity index (χ0v) is 12.0. The first-order valence-corrected chi connectivity index (χ1v) is 6.33. The summed E-state index contributed by atoms with van der Waals surface area (Å²) < 4.78 is 10.3. The third-order valence-electron chi connectivity index (χ3n) is 2.96. The van der Waals surface area contributed by atoms with E-state index in [2.05, 4.69) is 5.32 Å². The van der Waals surface area contributed by atoms with Gasteiger partial charge in [-0.15, -0.1) is 0 Å². The summed E-state index contributed by atoms with van der Waals surface area (Å²) in [7, 11) is 2.90. The second-order valence-corrected chi connectivity index (χ2v) is 4.30. The van der Waals surface area contributed by atoms with Gasteiger partial charge in [0.2, 0.25) is 0 Å². The molecule has 0 spiro atoms. The zero-order valence-electron chi connectivity index (χ0n) is 12.0. The predicted octanol–water partition coefficient (Wildman–Crippen LogP) is 2.86. The lowest BCUT2D eigenvalue weighted by atomic mass is 10.1. The van der Waals surface area contributed by atoms with Gasteiger partial charge in [-0.3, -0.25) is 14.9 Å². The van der Waals surface area contributed by atoms with Crippen molar-refractivity contribution < 1.29 is 19.2 Å². The van der Waals surface area contributed by atoms with Crippen LogP contribution in [0.25, 0.3) is 0 Å². The lowest BCUT2D eigenvalue weighted by molar-refractivity contribution is -0.384. The molecule has 0 aliphatic heterocycles. The van der Waals surface area contributed by atoms with Crippen LogP contribution in [-0.2, 0) is 0 Å². The molecule has 7 heteroatoms. The van der Waals surface area contributed by atoms with Crippen molar-refractivity contribution in [3.8, 4) is 11.5 Å². The van der Waals surface area contributed by atoms with Crippen LogP contribution in [0.15, 0.2) is 42.5 Å². The van der Waals surface area contributed by atoms with Crippen molar-refractivity contribution in [1.29, 1.82) is 0 Å². The second-order valence-electron chi connectivity index (χ2n) is 4.30. The molecule has 0 aromatic heterocycles. The summed E-state index contributed by atoms with van der Waals surface area (Å²) in [6.07, 6.45) is 0. The van der Waals surface area contributed by atoms with E-state index in [0.717, 1.165) is 0 Å². The predicted molar refractivity (Wildman–Crippen MR) is 80.6 cm³/mol. The quantitative estimate of drug-likeness (QED) is 0.677. The van der Waals surface area contributed by atoms with Crippen LogP contribution >= 0.6 is 0 Å². The van der Waals surface area contributed by atoms with Gasteiger partial charge in [0.15, 0.2) is 11.5 Å². The van der Waals surface area contributed by atoms with Gasteiger partial charge >= 0.3 is 0 Å². The van der Waals surface area contributed by atoms with Gasteiger partial charge in [0.25, 0.3) is 11.6 Å². The molecule has 22 heavy (non-hydrogen) atoms. The molecular weight excluding hydrogens is 288 g/mol. The molecule has 0 radical (unpaired) electrons. The number of methoxy groups -OCH3 is 2. The molecule has 7 nitrogen and oxygen atoms in total. The van der Waals surface area contributed by atoms with Crippen LogP contribution in [0, 0.1) is 10.1 Å². The van der Waals surface area contributed by atoms with Crippen LogP contribution in [-0.4, -0.2) is 25.1 Å². The third kappa shape index (κ3) is 3.14. The lowest BCUT2D eigenvalue weighted by Crippen LogP contribution is -2.13. The highest BCUT2D eigenvalue weighted by Crippen LogP contribution is 2.31. The maximum atomic E-state index is 12.3. The van der Waals surface area contributed by atoms with Crippen molar-refractivity contribution >= 4 is 17.3 Å². The van der Waals surface area contributed by atoms with Crippen molar-refractivity contribution in [2.75, 3.05) is 19.5 Å². The molecule has 0 saturated heterocycles. The van der Waals surface area contributed by atoms with Crippen LogP contribution < -0.4 is 14.8 Å². The topological polar surface area (TPSA) is 90.7 Å². The molecule has 1 N–H and O–H groups in total. The number of rotatable bonds is 5. The van der Waals surface area contributed by atoms with E-state index in [0.29, 0.717) is 17.2 Å². The molecule has 114 valence electrons. The van der Waals surface area contributed by atoms with Gasteiger partial charge in [0.1, 0.15) is 0 Å².